The maximum Gasteiger partial charge on any atom is 0.271 e. The first-order valence-corrected chi connectivity index (χ1v) is 13.5. The molecule has 0 atom stereocenters. The highest BCUT2D eigenvalue weighted by atomic mass is 16.5. The van der Waals surface area contributed by atoms with Gasteiger partial charge in [-0.3, -0.25) is 14.5 Å². The maximum atomic E-state index is 13.6. The standard InChI is InChI=1S/C32H34N4O4/c1-5-6-17-40-26-13-14-27(22(2)18-26)30-24(21-36(34-30)25-11-8-7-9-12-25)19-28-23(3)29(20-33)32(38)35(31(28)37)15-10-16-39-4/h7-9,11-14,18-19,21H,5-6,10,15-17H2,1-4H3/b28-19+. The van der Waals surface area contributed by atoms with E-state index in [1.165, 1.54) is 0 Å². The number of aryl methyl sites for hydroxylation is 1. The fourth-order valence-corrected chi connectivity index (χ4v) is 4.60. The lowest BCUT2D eigenvalue weighted by Crippen LogP contribution is -2.43. The second-order valence-electron chi connectivity index (χ2n) is 9.67. The molecule has 0 fully saturated rings. The monoisotopic (exact) mass is 538 g/mol. The highest BCUT2D eigenvalue weighted by molar-refractivity contribution is 6.19. The van der Waals surface area contributed by atoms with E-state index in [4.69, 9.17) is 14.6 Å². The number of hydrogen-bond donors (Lipinski definition) is 0. The van der Waals surface area contributed by atoms with Crippen LogP contribution in [0.1, 0.15) is 44.2 Å². The van der Waals surface area contributed by atoms with Crippen LogP contribution in [0.5, 0.6) is 5.75 Å². The lowest BCUT2D eigenvalue weighted by molar-refractivity contribution is -0.140. The fraction of sp³-hybridized carbons (Fsp3) is 0.312. The van der Waals surface area contributed by atoms with Crippen molar-refractivity contribution in [1.29, 1.82) is 5.26 Å². The molecule has 8 nitrogen and oxygen atoms in total. The van der Waals surface area contributed by atoms with E-state index < -0.39 is 11.8 Å². The van der Waals surface area contributed by atoms with Crippen LogP contribution in [0, 0.1) is 18.3 Å². The van der Waals surface area contributed by atoms with Crippen LogP contribution in [-0.4, -0.2) is 53.4 Å². The smallest absolute Gasteiger partial charge is 0.271 e. The first-order chi connectivity index (χ1) is 19.4. The van der Waals surface area contributed by atoms with Crippen molar-refractivity contribution < 1.29 is 19.1 Å². The third-order valence-electron chi connectivity index (χ3n) is 6.84. The molecule has 40 heavy (non-hydrogen) atoms. The Labute approximate surface area is 235 Å². The number of hydrogen-bond acceptors (Lipinski definition) is 6. The van der Waals surface area contributed by atoms with Crippen LogP contribution in [0.3, 0.4) is 0 Å². The molecule has 1 aromatic heterocycles. The van der Waals surface area contributed by atoms with Crippen molar-refractivity contribution in [2.75, 3.05) is 26.9 Å². The summed E-state index contributed by atoms with van der Waals surface area (Å²) in [5.41, 5.74) is 4.71. The second kappa shape index (κ2) is 13.0. The van der Waals surface area contributed by atoms with Gasteiger partial charge in [0, 0.05) is 43.2 Å². The van der Waals surface area contributed by atoms with Crippen LogP contribution < -0.4 is 4.74 Å². The van der Waals surface area contributed by atoms with Gasteiger partial charge in [-0.1, -0.05) is 31.5 Å². The molecule has 2 amide bonds. The number of rotatable bonds is 11. The van der Waals surface area contributed by atoms with E-state index in [2.05, 4.69) is 6.92 Å². The number of ether oxygens (including phenoxy) is 2. The molecule has 1 aliphatic rings. The summed E-state index contributed by atoms with van der Waals surface area (Å²) in [6.07, 6.45) is 6.11. The maximum absolute atomic E-state index is 13.6. The lowest BCUT2D eigenvalue weighted by Gasteiger charge is -2.27. The Bertz CT molecular complexity index is 1490. The van der Waals surface area contributed by atoms with Gasteiger partial charge in [-0.05, 0) is 74.2 Å². The minimum Gasteiger partial charge on any atom is -0.494 e. The van der Waals surface area contributed by atoms with Crippen LogP contribution in [0.15, 0.2) is 71.4 Å². The predicted molar refractivity (Wildman–Crippen MR) is 154 cm³/mol. The zero-order valence-corrected chi connectivity index (χ0v) is 23.4. The number of para-hydroxylation sites is 1. The molecule has 0 bridgehead atoms. The third-order valence-corrected chi connectivity index (χ3v) is 6.84. The molecule has 8 heteroatoms. The topological polar surface area (TPSA) is 97.4 Å². The largest absolute Gasteiger partial charge is 0.494 e. The molecule has 0 saturated heterocycles. The predicted octanol–water partition coefficient (Wildman–Crippen LogP) is 5.66. The van der Waals surface area contributed by atoms with Crippen LogP contribution in [0.4, 0.5) is 0 Å². The number of carbonyl (C=O) groups is 2. The van der Waals surface area contributed by atoms with Crippen molar-refractivity contribution >= 4 is 17.9 Å². The number of carbonyl (C=O) groups excluding carboxylic acids is 2. The molecule has 1 aliphatic heterocycles. The molecular weight excluding hydrogens is 504 g/mol. The molecule has 206 valence electrons. The first-order valence-electron chi connectivity index (χ1n) is 13.5. The number of imide groups is 1. The van der Waals surface area contributed by atoms with Gasteiger partial charge in [0.05, 0.1) is 12.3 Å². The van der Waals surface area contributed by atoms with Crippen molar-refractivity contribution in [2.24, 2.45) is 0 Å². The van der Waals surface area contributed by atoms with Crippen molar-refractivity contribution in [1.82, 2.24) is 14.7 Å². The quantitative estimate of drug-likeness (QED) is 0.178. The van der Waals surface area contributed by atoms with Crippen molar-refractivity contribution in [3.8, 4) is 28.8 Å². The number of nitrogens with zero attached hydrogens (tertiary/aromatic N) is 4. The second-order valence-corrected chi connectivity index (χ2v) is 9.67. The summed E-state index contributed by atoms with van der Waals surface area (Å²) in [4.78, 5) is 27.7. The summed E-state index contributed by atoms with van der Waals surface area (Å²) < 4.78 is 12.8. The molecule has 0 saturated carbocycles. The van der Waals surface area contributed by atoms with Gasteiger partial charge >= 0.3 is 0 Å². The van der Waals surface area contributed by atoms with E-state index in [-0.39, 0.29) is 12.1 Å². The van der Waals surface area contributed by atoms with Gasteiger partial charge < -0.3 is 9.47 Å². The van der Waals surface area contributed by atoms with E-state index >= 15 is 0 Å². The molecule has 3 aromatic rings. The summed E-state index contributed by atoms with van der Waals surface area (Å²) in [5.74, 6) is -0.220. The summed E-state index contributed by atoms with van der Waals surface area (Å²) >= 11 is 0. The molecule has 0 spiro atoms. The zero-order valence-electron chi connectivity index (χ0n) is 23.4. The number of nitriles is 1. The van der Waals surface area contributed by atoms with Crippen molar-refractivity contribution in [3.05, 3.63) is 82.6 Å². The number of benzene rings is 2. The first kappa shape index (κ1) is 28.5. The molecule has 4 rings (SSSR count). The molecule has 0 unspecified atom stereocenters. The normalized spacial score (nSPS) is 14.7. The average molecular weight is 539 g/mol. The number of methoxy groups -OCH3 is 1. The van der Waals surface area contributed by atoms with Crippen LogP contribution in [0.2, 0.25) is 0 Å². The lowest BCUT2D eigenvalue weighted by atomic mass is 9.92. The van der Waals surface area contributed by atoms with E-state index in [0.29, 0.717) is 42.0 Å². The molecule has 2 heterocycles. The average Bonchev–Trinajstić information content (AvgIpc) is 3.37. The van der Waals surface area contributed by atoms with Gasteiger partial charge in [-0.15, -0.1) is 0 Å². The minimum atomic E-state index is -0.576. The van der Waals surface area contributed by atoms with E-state index in [1.807, 2.05) is 67.7 Å². The Morgan fingerprint density at radius 1 is 1.02 bits per heavy atom. The molecule has 0 radical (unpaired) electrons. The Morgan fingerprint density at radius 3 is 2.48 bits per heavy atom. The number of amides is 2. The Balaban J connectivity index is 1.83. The van der Waals surface area contributed by atoms with Gasteiger partial charge in [0.1, 0.15) is 23.1 Å². The van der Waals surface area contributed by atoms with Crippen molar-refractivity contribution in [3.63, 3.8) is 0 Å². The number of aromatic nitrogens is 2. The Kier molecular flexibility index (Phi) is 9.31. The van der Waals surface area contributed by atoms with Crippen LogP contribution in [0.25, 0.3) is 23.0 Å². The summed E-state index contributed by atoms with van der Waals surface area (Å²) in [6.45, 7) is 6.98. The SMILES string of the molecule is CCCCOc1ccc(-c2nn(-c3ccccc3)cc2/C=C2/C(=O)N(CCCOC)C(=O)C(C#N)=C2C)c(C)c1. The fourth-order valence-electron chi connectivity index (χ4n) is 4.60. The molecule has 0 aliphatic carbocycles. The molecular formula is C32H34N4O4. The van der Waals surface area contributed by atoms with Crippen LogP contribution >= 0.6 is 0 Å². The van der Waals surface area contributed by atoms with Gasteiger partial charge in [0.25, 0.3) is 11.8 Å². The summed E-state index contributed by atoms with van der Waals surface area (Å²) in [5, 5.41) is 14.7. The molecule has 0 N–H and O–H groups in total. The Morgan fingerprint density at radius 2 is 1.80 bits per heavy atom. The summed E-state index contributed by atoms with van der Waals surface area (Å²) in [6, 6.07) is 17.6. The third kappa shape index (κ3) is 6.05. The zero-order chi connectivity index (χ0) is 28.6. The van der Waals surface area contributed by atoms with Crippen molar-refractivity contribution in [2.45, 2.75) is 40.0 Å². The highest BCUT2D eigenvalue weighted by Crippen LogP contribution is 2.33. The minimum absolute atomic E-state index is 0.0370. The number of unbranched alkanes of at least 4 members (excludes halogenated alkanes) is 1. The van der Waals surface area contributed by atoms with E-state index in [0.717, 1.165) is 40.3 Å². The van der Waals surface area contributed by atoms with E-state index in [9.17, 15) is 14.9 Å². The summed E-state index contributed by atoms with van der Waals surface area (Å²) in [7, 11) is 1.56. The van der Waals surface area contributed by atoms with Gasteiger partial charge in [0.15, 0.2) is 0 Å². The van der Waals surface area contributed by atoms with Gasteiger partial charge in [0.2, 0.25) is 0 Å². The Hall–Kier alpha value is -4.48. The molecule has 2 aromatic carbocycles. The highest BCUT2D eigenvalue weighted by Gasteiger charge is 2.35. The van der Waals surface area contributed by atoms with Crippen LogP contribution in [-0.2, 0) is 14.3 Å². The van der Waals surface area contributed by atoms with Gasteiger partial charge in [-0.2, -0.15) is 10.4 Å². The van der Waals surface area contributed by atoms with Gasteiger partial charge in [-0.25, -0.2) is 4.68 Å². The van der Waals surface area contributed by atoms with E-state index in [1.54, 1.807) is 24.8 Å².